The first-order valence-electron chi connectivity index (χ1n) is 5.21. The van der Waals surface area contributed by atoms with E-state index >= 15 is 0 Å². The Morgan fingerprint density at radius 3 is 1.29 bits per heavy atom. The van der Waals surface area contributed by atoms with Crippen LogP contribution in [-0.4, -0.2) is 94.1 Å². The molecule has 11 heteroatoms. The number of carbonyl (C=O) groups is 3. The minimum absolute atomic E-state index is 0. The molecule has 0 bridgehead atoms. The zero-order valence-electron chi connectivity index (χ0n) is 12.8. The topological polar surface area (TPSA) is 170 Å². The minimum Gasteiger partial charge on any atom is -0.481 e. The smallest absolute Gasteiger partial charge is 0.300 e. The Morgan fingerprint density at radius 1 is 0.905 bits per heavy atom. The summed E-state index contributed by atoms with van der Waals surface area (Å²) in [6.45, 7) is 5.53. The van der Waals surface area contributed by atoms with Gasteiger partial charge in [0.1, 0.15) is 0 Å². The normalized spacial score (nSPS) is 6.71. The van der Waals surface area contributed by atoms with Crippen LogP contribution in [0, 0.1) is 0 Å². The molecular formula is C10H24MnN2NaO7. The molecule has 0 rings (SSSR count). The molecule has 0 atom stereocenters. The molecule has 21 heavy (non-hydrogen) atoms. The molecule has 0 aromatic heterocycles. The molecule has 0 aliphatic carbocycles. The zero-order chi connectivity index (χ0) is 16.3. The summed E-state index contributed by atoms with van der Waals surface area (Å²) in [7, 11) is 0. The van der Waals surface area contributed by atoms with Gasteiger partial charge in [0.25, 0.3) is 17.9 Å². The molecule has 0 spiro atoms. The molecule has 0 aromatic rings. The van der Waals surface area contributed by atoms with Gasteiger partial charge in [-0.05, 0) is 0 Å². The molecule has 0 unspecified atom stereocenters. The molecule has 7 N–H and O–H groups in total. The number of aliphatic hydroxyl groups is 1. The Kier molecular flexibility index (Phi) is 65.2. The molecule has 0 amide bonds. The first-order chi connectivity index (χ1) is 8.61. The molecule has 0 aliphatic heterocycles. The van der Waals surface area contributed by atoms with Crippen LogP contribution in [0.1, 0.15) is 20.8 Å². The van der Waals surface area contributed by atoms with Gasteiger partial charge in [0.15, 0.2) is 0 Å². The number of nitrogens with one attached hydrogen (secondary N) is 1. The van der Waals surface area contributed by atoms with Gasteiger partial charge in [-0.15, -0.1) is 0 Å². The third-order valence-corrected chi connectivity index (χ3v) is 0.610. The quantitative estimate of drug-likeness (QED) is 0.255. The molecule has 0 saturated carbocycles. The molecule has 0 fully saturated rings. The Morgan fingerprint density at radius 2 is 1.14 bits per heavy atom. The second-order valence-electron chi connectivity index (χ2n) is 2.82. The number of rotatable bonds is 4. The monoisotopic (exact) mass is 362 g/mol. The average molecular weight is 362 g/mol. The molecule has 0 aliphatic rings. The van der Waals surface area contributed by atoms with E-state index in [-0.39, 0.29) is 53.2 Å². The molecule has 0 aromatic carbocycles. The van der Waals surface area contributed by atoms with Gasteiger partial charge in [0.2, 0.25) is 0 Å². The Labute approximate surface area is 157 Å². The summed E-state index contributed by atoms with van der Waals surface area (Å²) >= 11 is 0. The number of aliphatic hydroxyl groups excluding tert-OH is 1. The zero-order valence-corrected chi connectivity index (χ0v) is 16.0. The summed E-state index contributed by atoms with van der Waals surface area (Å²) in [5, 5.41) is 33.3. The van der Waals surface area contributed by atoms with Gasteiger partial charge in [-0.3, -0.25) is 14.4 Å². The van der Waals surface area contributed by atoms with Crippen molar-refractivity contribution in [1.29, 1.82) is 0 Å². The van der Waals surface area contributed by atoms with Gasteiger partial charge in [0, 0.05) is 87.0 Å². The first-order valence-corrected chi connectivity index (χ1v) is 5.21. The van der Waals surface area contributed by atoms with E-state index in [1.54, 1.807) is 0 Å². The van der Waals surface area contributed by atoms with Crippen molar-refractivity contribution in [1.82, 2.24) is 5.32 Å². The summed E-state index contributed by atoms with van der Waals surface area (Å²) in [6.07, 6.45) is 0. The molecule has 9 nitrogen and oxygen atoms in total. The standard InChI is InChI=1S/C4H12N2O.3C2H4O2.Mn.Na/c5-1-2-6-3-4-7;3*1-2(3)4;;/h6-7H,1-5H2;3*1H3,(H,3,4);;. The van der Waals surface area contributed by atoms with Crippen molar-refractivity contribution in [2.45, 2.75) is 20.8 Å². The number of carboxylic acids is 3. The van der Waals surface area contributed by atoms with Crippen molar-refractivity contribution in [3.63, 3.8) is 0 Å². The molecule has 0 saturated heterocycles. The third-order valence-electron chi connectivity index (χ3n) is 0.610. The SMILES string of the molecule is CC(=O)O.CC(=O)O.CC(=O)O.NCCNCCO.[Mn].[Na]. The molecular weight excluding hydrogens is 338 g/mol. The average Bonchev–Trinajstić information content (AvgIpc) is 2.15. The van der Waals surface area contributed by atoms with E-state index in [9.17, 15) is 0 Å². The van der Waals surface area contributed by atoms with Gasteiger partial charge >= 0.3 is 0 Å². The Balaban J connectivity index is -0.0000000359. The van der Waals surface area contributed by atoms with Gasteiger partial charge in [-0.1, -0.05) is 0 Å². The Hall–Kier alpha value is -0.191. The predicted octanol–water partition coefficient (Wildman–Crippen LogP) is -1.58. The van der Waals surface area contributed by atoms with Crippen LogP contribution in [0.5, 0.6) is 0 Å². The first kappa shape index (κ1) is 37.2. The largest absolute Gasteiger partial charge is 0.481 e. The van der Waals surface area contributed by atoms with E-state index in [2.05, 4.69) is 5.32 Å². The maximum atomic E-state index is 9.00. The van der Waals surface area contributed by atoms with Crippen molar-refractivity contribution in [3.05, 3.63) is 0 Å². The van der Waals surface area contributed by atoms with Gasteiger partial charge in [-0.25, -0.2) is 0 Å². The van der Waals surface area contributed by atoms with E-state index in [1.807, 2.05) is 0 Å². The van der Waals surface area contributed by atoms with Crippen LogP contribution < -0.4 is 11.1 Å². The number of hydrogen-bond acceptors (Lipinski definition) is 6. The van der Waals surface area contributed by atoms with Crippen LogP contribution in [0.25, 0.3) is 0 Å². The second-order valence-corrected chi connectivity index (χ2v) is 2.82. The Bertz CT molecular complexity index is 189. The summed E-state index contributed by atoms with van der Waals surface area (Å²) < 4.78 is 0. The van der Waals surface area contributed by atoms with Crippen LogP contribution in [0.4, 0.5) is 0 Å². The molecule has 0 heterocycles. The summed E-state index contributed by atoms with van der Waals surface area (Å²) in [5.74, 6) is -2.50. The summed E-state index contributed by atoms with van der Waals surface area (Å²) in [6, 6.07) is 0. The van der Waals surface area contributed by atoms with Crippen LogP contribution in [0.3, 0.4) is 0 Å². The van der Waals surface area contributed by atoms with Crippen LogP contribution in [-0.2, 0) is 31.5 Å². The van der Waals surface area contributed by atoms with E-state index in [0.29, 0.717) is 13.1 Å². The number of hydrogen-bond donors (Lipinski definition) is 6. The summed E-state index contributed by atoms with van der Waals surface area (Å²) in [5.41, 5.74) is 5.13. The van der Waals surface area contributed by atoms with Crippen molar-refractivity contribution >= 4 is 47.5 Å². The van der Waals surface area contributed by atoms with E-state index in [4.69, 9.17) is 40.5 Å². The van der Waals surface area contributed by atoms with Crippen LogP contribution >= 0.6 is 0 Å². The van der Waals surface area contributed by atoms with Crippen molar-refractivity contribution in [2.75, 3.05) is 26.2 Å². The minimum atomic E-state index is -0.833. The number of carboxylic acid groups (broad SMARTS) is 3. The number of aliphatic carboxylic acids is 3. The second kappa shape index (κ2) is 36.8. The fourth-order valence-electron chi connectivity index (χ4n) is 0.306. The van der Waals surface area contributed by atoms with E-state index < -0.39 is 17.9 Å². The maximum Gasteiger partial charge on any atom is 0.300 e. The van der Waals surface area contributed by atoms with Crippen molar-refractivity contribution in [2.24, 2.45) is 5.73 Å². The van der Waals surface area contributed by atoms with Gasteiger partial charge < -0.3 is 31.5 Å². The third kappa shape index (κ3) is 433. The van der Waals surface area contributed by atoms with E-state index in [0.717, 1.165) is 27.3 Å². The van der Waals surface area contributed by atoms with E-state index in [1.165, 1.54) is 0 Å². The van der Waals surface area contributed by atoms with Gasteiger partial charge in [0.05, 0.1) is 6.61 Å². The number of nitrogens with two attached hydrogens (primary N) is 1. The maximum absolute atomic E-state index is 9.00. The fraction of sp³-hybridized carbons (Fsp3) is 0.700. The van der Waals surface area contributed by atoms with Crippen molar-refractivity contribution < 1.29 is 51.9 Å². The molecule has 124 valence electrons. The van der Waals surface area contributed by atoms with Gasteiger partial charge in [-0.2, -0.15) is 0 Å². The molecule has 2 radical (unpaired) electrons. The fourth-order valence-corrected chi connectivity index (χ4v) is 0.306. The summed E-state index contributed by atoms with van der Waals surface area (Å²) in [4.78, 5) is 27.0. The van der Waals surface area contributed by atoms with Crippen molar-refractivity contribution in [3.8, 4) is 0 Å². The van der Waals surface area contributed by atoms with Crippen LogP contribution in [0.2, 0.25) is 0 Å². The van der Waals surface area contributed by atoms with Crippen LogP contribution in [0.15, 0.2) is 0 Å². The predicted molar refractivity (Wildman–Crippen MR) is 74.7 cm³/mol.